The van der Waals surface area contributed by atoms with Crippen LogP contribution in [0.15, 0.2) is 4.99 Å². The van der Waals surface area contributed by atoms with Gasteiger partial charge in [0, 0.05) is 5.97 Å². The number of carboxylic acid groups (broad SMARTS) is 2. The second-order valence-electron chi connectivity index (χ2n) is 3.03. The van der Waals surface area contributed by atoms with Gasteiger partial charge in [0.1, 0.15) is 6.04 Å². The molecule has 0 bridgehead atoms. The van der Waals surface area contributed by atoms with Crippen molar-refractivity contribution in [1.82, 2.24) is 0 Å². The Hall–Kier alpha value is 0.0197. The van der Waals surface area contributed by atoms with Gasteiger partial charge >= 0.3 is 43.7 Å². The molecule has 8 heteroatoms. The molecule has 0 rings (SSSR count). The van der Waals surface area contributed by atoms with Crippen molar-refractivity contribution in [3.8, 4) is 0 Å². The van der Waals surface area contributed by atoms with Gasteiger partial charge in [0.2, 0.25) is 0 Å². The number of rotatable bonds is 8. The fourth-order valence-electron chi connectivity index (χ4n) is 0.920. The minimum absolute atomic E-state index is 0. The molecular formula is C9H13CaNO5S. The summed E-state index contributed by atoms with van der Waals surface area (Å²) < 4.78 is 0. The molecule has 0 aromatic carbocycles. The largest absolute Gasteiger partial charge is 2.00 e. The number of carbonyl (C=O) groups excluding carboxylic acids is 1. The Morgan fingerprint density at radius 2 is 1.94 bits per heavy atom. The number of hydrogen-bond acceptors (Lipinski definition) is 6. The van der Waals surface area contributed by atoms with Crippen LogP contribution in [0, 0.1) is 0 Å². The SMILES string of the molecule is CSCC[C@@H](N=C([O-])CCC(=O)[O-])C(=O)O.[Ca+2]. The standard InChI is InChI=1S/C9H15NO5S.Ca/c1-16-5-4-6(9(14)15)10-7(11)2-3-8(12)13;/h6H,2-5H2,1H3,(H,10,11)(H,12,13)(H,14,15);/q;+2/p-2/t6-;/m1./s1. The molecule has 0 aromatic rings. The zero-order valence-electron chi connectivity index (χ0n) is 9.55. The third kappa shape index (κ3) is 10.9. The van der Waals surface area contributed by atoms with Crippen molar-refractivity contribution in [2.75, 3.05) is 12.0 Å². The molecule has 0 unspecified atom stereocenters. The van der Waals surface area contributed by atoms with E-state index >= 15 is 0 Å². The smallest absolute Gasteiger partial charge is 0.862 e. The fourth-order valence-corrected chi connectivity index (χ4v) is 1.38. The summed E-state index contributed by atoms with van der Waals surface area (Å²) in [4.78, 5) is 24.2. The van der Waals surface area contributed by atoms with Gasteiger partial charge in [-0.2, -0.15) is 11.8 Å². The number of hydrogen-bond donors (Lipinski definition) is 1. The average molecular weight is 287 g/mol. The first-order valence-electron chi connectivity index (χ1n) is 4.62. The van der Waals surface area contributed by atoms with E-state index in [0.717, 1.165) is 0 Å². The van der Waals surface area contributed by atoms with Gasteiger partial charge < -0.3 is 20.1 Å². The molecule has 0 saturated carbocycles. The van der Waals surface area contributed by atoms with Crippen LogP contribution in [0.3, 0.4) is 0 Å². The van der Waals surface area contributed by atoms with Crippen LogP contribution in [0.1, 0.15) is 19.3 Å². The Morgan fingerprint density at radius 3 is 2.35 bits per heavy atom. The van der Waals surface area contributed by atoms with Crippen LogP contribution in [0.5, 0.6) is 0 Å². The zero-order valence-corrected chi connectivity index (χ0v) is 12.6. The van der Waals surface area contributed by atoms with Gasteiger partial charge in [0.25, 0.3) is 0 Å². The average Bonchev–Trinajstić information content (AvgIpc) is 2.20. The monoisotopic (exact) mass is 287 g/mol. The molecule has 6 nitrogen and oxygen atoms in total. The first-order valence-corrected chi connectivity index (χ1v) is 6.02. The Labute approximate surface area is 133 Å². The second-order valence-corrected chi connectivity index (χ2v) is 4.02. The van der Waals surface area contributed by atoms with E-state index in [1.165, 1.54) is 11.8 Å². The molecule has 1 N–H and O–H groups in total. The number of thioether (sulfide) groups is 1. The summed E-state index contributed by atoms with van der Waals surface area (Å²) in [6, 6.07) is -1.08. The Bertz CT molecular complexity index is 285. The molecule has 0 heterocycles. The van der Waals surface area contributed by atoms with E-state index in [-0.39, 0.29) is 50.6 Å². The van der Waals surface area contributed by atoms with Crippen molar-refractivity contribution in [1.29, 1.82) is 0 Å². The van der Waals surface area contributed by atoms with Gasteiger partial charge in [0.15, 0.2) is 0 Å². The van der Waals surface area contributed by atoms with Crippen molar-refractivity contribution in [2.24, 2.45) is 4.99 Å². The summed E-state index contributed by atoms with van der Waals surface area (Å²) >= 11 is 1.45. The Kier molecular flexibility index (Phi) is 12.7. The van der Waals surface area contributed by atoms with Crippen LogP contribution in [0.4, 0.5) is 0 Å². The van der Waals surface area contributed by atoms with E-state index in [9.17, 15) is 19.8 Å². The Morgan fingerprint density at radius 1 is 1.35 bits per heavy atom. The van der Waals surface area contributed by atoms with E-state index in [1.807, 2.05) is 6.26 Å². The minimum atomic E-state index is -1.35. The maximum Gasteiger partial charge on any atom is 2.00 e. The molecule has 0 radical (unpaired) electrons. The van der Waals surface area contributed by atoms with Gasteiger partial charge in [0.05, 0.1) is 0 Å². The van der Waals surface area contributed by atoms with Gasteiger partial charge in [-0.3, -0.25) is 4.99 Å². The maximum absolute atomic E-state index is 11.1. The quantitative estimate of drug-likeness (QED) is 0.317. The topological polar surface area (TPSA) is 113 Å². The minimum Gasteiger partial charge on any atom is -0.862 e. The number of nitrogens with zero attached hydrogens (tertiary/aromatic N) is 1. The summed E-state index contributed by atoms with van der Waals surface area (Å²) in [5.74, 6) is -2.65. The first kappa shape index (κ1) is 19.4. The van der Waals surface area contributed by atoms with Crippen molar-refractivity contribution >= 4 is 67.3 Å². The molecule has 0 fully saturated rings. The molecule has 17 heavy (non-hydrogen) atoms. The van der Waals surface area contributed by atoms with E-state index in [2.05, 4.69) is 4.99 Å². The van der Waals surface area contributed by atoms with Crippen LogP contribution >= 0.6 is 11.8 Å². The van der Waals surface area contributed by atoms with Crippen LogP contribution in [0.25, 0.3) is 0 Å². The van der Waals surface area contributed by atoms with Crippen LogP contribution in [-0.4, -0.2) is 78.7 Å². The van der Waals surface area contributed by atoms with E-state index in [0.29, 0.717) is 5.75 Å². The van der Waals surface area contributed by atoms with Crippen LogP contribution < -0.4 is 10.2 Å². The number of carboxylic acids is 2. The molecule has 0 aliphatic heterocycles. The summed E-state index contributed by atoms with van der Waals surface area (Å²) in [5.41, 5.74) is 0. The van der Waals surface area contributed by atoms with Crippen molar-refractivity contribution in [3.05, 3.63) is 0 Å². The molecular weight excluding hydrogens is 274 g/mol. The molecule has 1 atom stereocenters. The maximum atomic E-state index is 11.1. The third-order valence-corrected chi connectivity index (χ3v) is 2.37. The van der Waals surface area contributed by atoms with Gasteiger partial charge in [-0.15, -0.1) is 0 Å². The van der Waals surface area contributed by atoms with E-state index < -0.39 is 30.3 Å². The molecule has 0 amide bonds. The molecule has 92 valence electrons. The fraction of sp³-hybridized carbons (Fsp3) is 0.667. The van der Waals surface area contributed by atoms with Crippen LogP contribution in [-0.2, 0) is 9.59 Å². The molecule has 0 saturated heterocycles. The predicted molar refractivity (Wildman–Crippen MR) is 61.9 cm³/mol. The summed E-state index contributed by atoms with van der Waals surface area (Å²) in [6.45, 7) is 0. The predicted octanol–water partition coefficient (Wildman–Crippen LogP) is -1.90. The number of carbonyl (C=O) groups is 2. The van der Waals surface area contributed by atoms with Gasteiger partial charge in [-0.1, -0.05) is 0 Å². The molecule has 0 aromatic heterocycles. The Balaban J connectivity index is 0. The molecule has 0 aliphatic carbocycles. The van der Waals surface area contributed by atoms with Crippen molar-refractivity contribution in [3.63, 3.8) is 0 Å². The molecule has 0 spiro atoms. The van der Waals surface area contributed by atoms with Crippen molar-refractivity contribution in [2.45, 2.75) is 25.3 Å². The molecule has 0 aliphatic rings. The summed E-state index contributed by atoms with van der Waals surface area (Å²) in [6.07, 6.45) is 1.33. The van der Waals surface area contributed by atoms with Gasteiger partial charge in [-0.25, -0.2) is 4.79 Å². The summed E-state index contributed by atoms with van der Waals surface area (Å²) in [5, 5.41) is 29.9. The third-order valence-electron chi connectivity index (χ3n) is 1.72. The van der Waals surface area contributed by atoms with Crippen LogP contribution in [0.2, 0.25) is 0 Å². The van der Waals surface area contributed by atoms with Crippen molar-refractivity contribution < 1.29 is 24.9 Å². The zero-order chi connectivity index (χ0) is 12.6. The van der Waals surface area contributed by atoms with E-state index in [1.54, 1.807) is 0 Å². The number of aliphatic carboxylic acids is 2. The van der Waals surface area contributed by atoms with Gasteiger partial charge in [-0.05, 0) is 37.2 Å². The van der Waals surface area contributed by atoms with E-state index in [4.69, 9.17) is 5.11 Å². The normalized spacial score (nSPS) is 12.6. The second kappa shape index (κ2) is 11.1. The summed E-state index contributed by atoms with van der Waals surface area (Å²) in [7, 11) is 0. The first-order chi connectivity index (χ1) is 7.47. The number of aliphatic imine (C=N–C) groups is 1.